The van der Waals surface area contributed by atoms with Gasteiger partial charge in [-0.05, 0) is 12.5 Å². The molecule has 2 heterocycles. The van der Waals surface area contributed by atoms with Crippen molar-refractivity contribution in [3.8, 4) is 0 Å². The first kappa shape index (κ1) is 15.8. The molecule has 7 heteroatoms. The maximum atomic E-state index is 11.9. The van der Waals surface area contributed by atoms with Crippen molar-refractivity contribution < 1.29 is 4.79 Å². The second kappa shape index (κ2) is 7.43. The molecule has 0 spiro atoms. The predicted octanol–water partition coefficient (Wildman–Crippen LogP) is 3.50. The molecule has 3 rings (SSSR count). The minimum Gasteiger partial charge on any atom is -0.337 e. The minimum atomic E-state index is -0.0800. The molecule has 1 aromatic carbocycles. The number of H-pyrrole nitrogens is 1. The van der Waals surface area contributed by atoms with Gasteiger partial charge >= 0.3 is 0 Å². The van der Waals surface area contributed by atoms with Crippen LogP contribution in [0.4, 0.5) is 5.13 Å². The SMILES string of the molecule is Cc1[nH]c(SCC(=O)Nc2nccs2)nc1Cc1ccccc1. The lowest BCUT2D eigenvalue weighted by Gasteiger charge is -1.99. The van der Waals surface area contributed by atoms with E-state index in [1.54, 1.807) is 6.20 Å². The third-order valence-corrected chi connectivity index (χ3v) is 4.76. The highest BCUT2D eigenvalue weighted by Gasteiger charge is 2.10. The predicted molar refractivity (Wildman–Crippen MR) is 94.0 cm³/mol. The van der Waals surface area contributed by atoms with Crippen LogP contribution >= 0.6 is 23.1 Å². The average Bonchev–Trinajstić information content (AvgIpc) is 3.17. The Hall–Kier alpha value is -2.12. The van der Waals surface area contributed by atoms with Gasteiger partial charge in [-0.25, -0.2) is 9.97 Å². The first-order valence-electron chi connectivity index (χ1n) is 7.12. The van der Waals surface area contributed by atoms with Gasteiger partial charge < -0.3 is 10.3 Å². The van der Waals surface area contributed by atoms with Crippen LogP contribution in [-0.4, -0.2) is 26.6 Å². The summed E-state index contributed by atoms with van der Waals surface area (Å²) in [6.45, 7) is 2.00. The van der Waals surface area contributed by atoms with E-state index in [0.29, 0.717) is 10.9 Å². The van der Waals surface area contributed by atoms with Crippen LogP contribution < -0.4 is 5.32 Å². The Labute approximate surface area is 142 Å². The van der Waals surface area contributed by atoms with E-state index in [1.165, 1.54) is 28.7 Å². The lowest BCUT2D eigenvalue weighted by atomic mass is 10.1. The van der Waals surface area contributed by atoms with Crippen LogP contribution in [0.15, 0.2) is 47.1 Å². The van der Waals surface area contributed by atoms with Gasteiger partial charge in [0.15, 0.2) is 10.3 Å². The van der Waals surface area contributed by atoms with E-state index in [1.807, 2.05) is 30.5 Å². The number of amides is 1. The molecule has 0 aliphatic rings. The van der Waals surface area contributed by atoms with Crippen LogP contribution in [0.5, 0.6) is 0 Å². The fourth-order valence-electron chi connectivity index (χ4n) is 2.07. The van der Waals surface area contributed by atoms with Crippen molar-refractivity contribution in [2.45, 2.75) is 18.5 Å². The molecule has 2 N–H and O–H groups in total. The van der Waals surface area contributed by atoms with E-state index in [2.05, 4.69) is 32.4 Å². The Morgan fingerprint density at radius 3 is 2.91 bits per heavy atom. The minimum absolute atomic E-state index is 0.0800. The summed E-state index contributed by atoms with van der Waals surface area (Å²) in [5, 5.41) is 5.97. The highest BCUT2D eigenvalue weighted by atomic mass is 32.2. The van der Waals surface area contributed by atoms with Gasteiger partial charge in [-0.3, -0.25) is 4.79 Å². The lowest BCUT2D eigenvalue weighted by molar-refractivity contribution is -0.113. The van der Waals surface area contributed by atoms with E-state index in [4.69, 9.17) is 0 Å². The Balaban J connectivity index is 1.57. The number of hydrogen-bond acceptors (Lipinski definition) is 5. The number of thiazole rings is 1. The highest BCUT2D eigenvalue weighted by Crippen LogP contribution is 2.19. The fourth-order valence-corrected chi connectivity index (χ4v) is 3.36. The summed E-state index contributed by atoms with van der Waals surface area (Å²) in [6.07, 6.45) is 2.45. The lowest BCUT2D eigenvalue weighted by Crippen LogP contribution is -2.13. The van der Waals surface area contributed by atoms with Gasteiger partial charge in [0.1, 0.15) is 0 Å². The third kappa shape index (κ3) is 4.43. The van der Waals surface area contributed by atoms with Crippen molar-refractivity contribution in [1.82, 2.24) is 15.0 Å². The van der Waals surface area contributed by atoms with Gasteiger partial charge in [-0.1, -0.05) is 42.1 Å². The van der Waals surface area contributed by atoms with E-state index < -0.39 is 0 Å². The number of imidazole rings is 1. The molecule has 0 unspecified atom stereocenters. The van der Waals surface area contributed by atoms with Crippen LogP contribution in [0.2, 0.25) is 0 Å². The van der Waals surface area contributed by atoms with Crippen LogP contribution in [-0.2, 0) is 11.2 Å². The summed E-state index contributed by atoms with van der Waals surface area (Å²) in [6, 6.07) is 10.2. The normalized spacial score (nSPS) is 10.7. The average molecular weight is 344 g/mol. The second-order valence-electron chi connectivity index (χ2n) is 4.95. The van der Waals surface area contributed by atoms with E-state index >= 15 is 0 Å². The maximum absolute atomic E-state index is 11.9. The molecule has 23 heavy (non-hydrogen) atoms. The van der Waals surface area contributed by atoms with Crippen molar-refractivity contribution in [3.63, 3.8) is 0 Å². The molecule has 3 aromatic rings. The molecule has 118 valence electrons. The van der Waals surface area contributed by atoms with Crippen LogP contribution in [0.25, 0.3) is 0 Å². The van der Waals surface area contributed by atoms with E-state index in [0.717, 1.165) is 23.0 Å². The number of anilines is 1. The van der Waals surface area contributed by atoms with Crippen LogP contribution in [0.3, 0.4) is 0 Å². The summed E-state index contributed by atoms with van der Waals surface area (Å²) in [5.74, 6) is 0.223. The Kier molecular flexibility index (Phi) is 5.09. The molecule has 2 aromatic heterocycles. The molecule has 0 saturated carbocycles. The quantitative estimate of drug-likeness (QED) is 0.672. The molecule has 0 radical (unpaired) electrons. The number of thioether (sulfide) groups is 1. The number of carbonyl (C=O) groups excluding carboxylic acids is 1. The van der Waals surface area contributed by atoms with Crippen molar-refractivity contribution in [2.75, 3.05) is 11.1 Å². The largest absolute Gasteiger partial charge is 0.337 e. The van der Waals surface area contributed by atoms with Gasteiger partial charge in [0, 0.05) is 23.7 Å². The number of aromatic nitrogens is 3. The Morgan fingerprint density at radius 1 is 1.35 bits per heavy atom. The topological polar surface area (TPSA) is 70.7 Å². The summed E-state index contributed by atoms with van der Waals surface area (Å²) < 4.78 is 0. The number of carbonyl (C=O) groups is 1. The van der Waals surface area contributed by atoms with Gasteiger partial charge in [-0.2, -0.15) is 0 Å². The summed E-state index contributed by atoms with van der Waals surface area (Å²) in [7, 11) is 0. The highest BCUT2D eigenvalue weighted by molar-refractivity contribution is 7.99. The van der Waals surface area contributed by atoms with Crippen molar-refractivity contribution in [1.29, 1.82) is 0 Å². The van der Waals surface area contributed by atoms with Gasteiger partial charge in [0.2, 0.25) is 5.91 Å². The summed E-state index contributed by atoms with van der Waals surface area (Å²) >= 11 is 2.80. The first-order chi connectivity index (χ1) is 11.2. The smallest absolute Gasteiger partial charge is 0.236 e. The third-order valence-electron chi connectivity index (χ3n) is 3.20. The van der Waals surface area contributed by atoms with Gasteiger partial charge in [0.25, 0.3) is 0 Å². The van der Waals surface area contributed by atoms with Crippen LogP contribution in [0, 0.1) is 6.92 Å². The van der Waals surface area contributed by atoms with E-state index in [9.17, 15) is 4.79 Å². The fraction of sp³-hybridized carbons (Fsp3) is 0.188. The van der Waals surface area contributed by atoms with Gasteiger partial charge in [0.05, 0.1) is 11.4 Å². The van der Waals surface area contributed by atoms with Gasteiger partial charge in [-0.15, -0.1) is 11.3 Å². The molecule has 0 bridgehead atoms. The van der Waals surface area contributed by atoms with Crippen molar-refractivity contribution in [3.05, 3.63) is 58.9 Å². The zero-order valence-corrected chi connectivity index (χ0v) is 14.2. The van der Waals surface area contributed by atoms with E-state index in [-0.39, 0.29) is 5.91 Å². The molecule has 0 fully saturated rings. The van der Waals surface area contributed by atoms with Crippen molar-refractivity contribution in [2.24, 2.45) is 0 Å². The number of aromatic amines is 1. The molecule has 0 aliphatic heterocycles. The summed E-state index contributed by atoms with van der Waals surface area (Å²) in [4.78, 5) is 23.7. The zero-order chi connectivity index (χ0) is 16.1. The summed E-state index contributed by atoms with van der Waals surface area (Å²) in [5.41, 5.74) is 3.27. The maximum Gasteiger partial charge on any atom is 0.236 e. The number of nitrogens with zero attached hydrogens (tertiary/aromatic N) is 2. The molecular weight excluding hydrogens is 328 g/mol. The number of rotatable bonds is 6. The number of hydrogen-bond donors (Lipinski definition) is 2. The number of benzene rings is 1. The Morgan fingerprint density at radius 2 is 2.17 bits per heavy atom. The molecule has 0 atom stereocenters. The Bertz CT molecular complexity index is 769. The zero-order valence-electron chi connectivity index (χ0n) is 12.6. The molecule has 5 nitrogen and oxygen atoms in total. The van der Waals surface area contributed by atoms with Crippen LogP contribution in [0.1, 0.15) is 17.0 Å². The second-order valence-corrected chi connectivity index (χ2v) is 6.81. The molecular formula is C16H16N4OS2. The molecule has 1 amide bonds. The standard InChI is InChI=1S/C16H16N4OS2/c1-11-13(9-12-5-3-2-4-6-12)19-16(18-11)23-10-14(21)20-15-17-7-8-22-15/h2-8H,9-10H2,1H3,(H,18,19)(H,17,20,21). The molecule has 0 aliphatic carbocycles. The van der Waals surface area contributed by atoms with Crippen molar-refractivity contribution >= 4 is 34.1 Å². The first-order valence-corrected chi connectivity index (χ1v) is 8.99. The monoisotopic (exact) mass is 344 g/mol. The number of aryl methyl sites for hydroxylation is 1. The molecule has 0 saturated heterocycles. The number of nitrogens with one attached hydrogen (secondary N) is 2.